The van der Waals surface area contributed by atoms with Gasteiger partial charge in [-0.3, -0.25) is 14.5 Å². The smallest absolute Gasteiger partial charge is 0.238 e. The average molecular weight is 356 g/mol. The zero-order chi connectivity index (χ0) is 18.1. The molecular formula is C17H26ClN3O3. The van der Waals surface area contributed by atoms with E-state index >= 15 is 0 Å². The second kappa shape index (κ2) is 10.2. The Hall–Kier alpha value is -1.79. The number of carbonyl (C=O) groups excluding carboxylic acids is 2. The van der Waals surface area contributed by atoms with Gasteiger partial charge in [0.2, 0.25) is 11.8 Å². The third kappa shape index (κ3) is 6.76. The van der Waals surface area contributed by atoms with Crippen LogP contribution in [0.15, 0.2) is 18.2 Å². The van der Waals surface area contributed by atoms with Crippen LogP contribution in [0.25, 0.3) is 0 Å². The van der Waals surface area contributed by atoms with Crippen molar-refractivity contribution >= 4 is 29.1 Å². The average Bonchev–Trinajstić information content (AvgIpc) is 2.52. The summed E-state index contributed by atoms with van der Waals surface area (Å²) in [5, 5.41) is 3.26. The number of unbranched alkanes of at least 4 members (excludes halogenated alkanes) is 1. The largest absolute Gasteiger partial charge is 0.495 e. The van der Waals surface area contributed by atoms with Crippen molar-refractivity contribution in [2.75, 3.05) is 46.2 Å². The highest BCUT2D eigenvalue weighted by atomic mass is 35.5. The van der Waals surface area contributed by atoms with Crippen LogP contribution in [-0.4, -0.2) is 62.5 Å². The maximum Gasteiger partial charge on any atom is 0.238 e. The van der Waals surface area contributed by atoms with Crippen molar-refractivity contribution in [3.8, 4) is 5.75 Å². The SMILES string of the molecule is CCCCN(C)C(=O)CN(C)CC(=O)Nc1cc(Cl)ccc1OC. The zero-order valence-electron chi connectivity index (χ0n) is 14.8. The van der Waals surface area contributed by atoms with Gasteiger partial charge in [0.05, 0.1) is 25.9 Å². The maximum absolute atomic E-state index is 12.1. The molecule has 1 rings (SSSR count). The molecule has 0 saturated carbocycles. The molecule has 0 radical (unpaired) electrons. The van der Waals surface area contributed by atoms with E-state index in [1.54, 1.807) is 42.1 Å². The van der Waals surface area contributed by atoms with Crippen molar-refractivity contribution in [1.29, 1.82) is 0 Å². The molecule has 134 valence electrons. The molecule has 6 nitrogen and oxygen atoms in total. The summed E-state index contributed by atoms with van der Waals surface area (Å²) >= 11 is 5.94. The number of hydrogen-bond donors (Lipinski definition) is 1. The van der Waals surface area contributed by atoms with Crippen LogP contribution < -0.4 is 10.1 Å². The number of rotatable bonds is 9. The van der Waals surface area contributed by atoms with Gasteiger partial charge >= 0.3 is 0 Å². The Balaban J connectivity index is 2.53. The molecule has 1 N–H and O–H groups in total. The molecular weight excluding hydrogens is 330 g/mol. The van der Waals surface area contributed by atoms with Crippen LogP contribution in [-0.2, 0) is 9.59 Å². The molecule has 24 heavy (non-hydrogen) atoms. The molecule has 2 amide bonds. The van der Waals surface area contributed by atoms with Crippen LogP contribution in [0.3, 0.4) is 0 Å². The number of hydrogen-bond acceptors (Lipinski definition) is 4. The highest BCUT2D eigenvalue weighted by Crippen LogP contribution is 2.27. The first-order chi connectivity index (χ1) is 11.4. The summed E-state index contributed by atoms with van der Waals surface area (Å²) in [5.74, 6) is 0.298. The molecule has 7 heteroatoms. The molecule has 0 fully saturated rings. The fourth-order valence-electron chi connectivity index (χ4n) is 2.14. The van der Waals surface area contributed by atoms with Gasteiger partial charge in [-0.2, -0.15) is 0 Å². The summed E-state index contributed by atoms with van der Waals surface area (Å²) in [6, 6.07) is 5.00. The number of methoxy groups -OCH3 is 1. The lowest BCUT2D eigenvalue weighted by Crippen LogP contribution is -2.40. The van der Waals surface area contributed by atoms with E-state index in [1.165, 1.54) is 7.11 Å². The molecule has 1 aromatic carbocycles. The number of benzene rings is 1. The van der Waals surface area contributed by atoms with Crippen molar-refractivity contribution < 1.29 is 14.3 Å². The minimum absolute atomic E-state index is 0.000846. The summed E-state index contributed by atoms with van der Waals surface area (Å²) in [6.45, 7) is 3.11. The molecule has 0 aliphatic heterocycles. The molecule has 0 aromatic heterocycles. The minimum atomic E-state index is -0.234. The quantitative estimate of drug-likeness (QED) is 0.739. The lowest BCUT2D eigenvalue weighted by atomic mass is 10.3. The van der Waals surface area contributed by atoms with Crippen LogP contribution in [0.4, 0.5) is 5.69 Å². The van der Waals surface area contributed by atoms with Gasteiger partial charge in [0.1, 0.15) is 5.75 Å². The summed E-state index contributed by atoms with van der Waals surface area (Å²) in [5.41, 5.74) is 0.509. The first-order valence-electron chi connectivity index (χ1n) is 7.93. The third-order valence-electron chi connectivity index (χ3n) is 3.53. The first kappa shape index (κ1) is 20.3. The van der Waals surface area contributed by atoms with Crippen molar-refractivity contribution in [1.82, 2.24) is 9.80 Å². The number of ether oxygens (including phenoxy) is 1. The number of halogens is 1. The van der Waals surface area contributed by atoms with Crippen molar-refractivity contribution in [2.24, 2.45) is 0 Å². The van der Waals surface area contributed by atoms with E-state index in [2.05, 4.69) is 12.2 Å². The second-order valence-electron chi connectivity index (χ2n) is 5.73. The molecule has 0 aliphatic rings. The maximum atomic E-state index is 12.1. The molecule has 0 unspecified atom stereocenters. The van der Waals surface area contributed by atoms with Gasteiger partial charge in [0.15, 0.2) is 0 Å². The lowest BCUT2D eigenvalue weighted by Gasteiger charge is -2.21. The van der Waals surface area contributed by atoms with Gasteiger partial charge in [-0.1, -0.05) is 24.9 Å². The van der Waals surface area contributed by atoms with Gasteiger partial charge in [-0.25, -0.2) is 0 Å². The van der Waals surface area contributed by atoms with E-state index in [1.807, 2.05) is 0 Å². The van der Waals surface area contributed by atoms with Crippen LogP contribution in [0, 0.1) is 0 Å². The van der Waals surface area contributed by atoms with Crippen LogP contribution in [0.2, 0.25) is 5.02 Å². The number of nitrogens with zero attached hydrogens (tertiary/aromatic N) is 2. The van der Waals surface area contributed by atoms with Gasteiger partial charge < -0.3 is 15.0 Å². The van der Waals surface area contributed by atoms with Crippen LogP contribution >= 0.6 is 11.6 Å². The van der Waals surface area contributed by atoms with Gasteiger partial charge in [0, 0.05) is 18.6 Å². The third-order valence-corrected chi connectivity index (χ3v) is 3.76. The molecule has 0 bridgehead atoms. The minimum Gasteiger partial charge on any atom is -0.495 e. The molecule has 0 heterocycles. The topological polar surface area (TPSA) is 61.9 Å². The van der Waals surface area contributed by atoms with Crippen molar-refractivity contribution in [3.05, 3.63) is 23.2 Å². The van der Waals surface area contributed by atoms with Gasteiger partial charge in [-0.15, -0.1) is 0 Å². The molecule has 0 spiro atoms. The zero-order valence-corrected chi connectivity index (χ0v) is 15.5. The predicted octanol–water partition coefficient (Wildman–Crippen LogP) is 2.48. The number of nitrogens with one attached hydrogen (secondary N) is 1. The molecule has 0 aliphatic carbocycles. The normalized spacial score (nSPS) is 10.6. The lowest BCUT2D eigenvalue weighted by molar-refractivity contribution is -0.131. The van der Waals surface area contributed by atoms with Gasteiger partial charge in [-0.05, 0) is 31.7 Å². The fourth-order valence-corrected chi connectivity index (χ4v) is 2.31. The predicted molar refractivity (Wildman–Crippen MR) is 96.7 cm³/mol. The molecule has 0 saturated heterocycles. The Morgan fingerprint density at radius 3 is 2.58 bits per heavy atom. The Bertz CT molecular complexity index is 566. The van der Waals surface area contributed by atoms with Crippen LogP contribution in [0.1, 0.15) is 19.8 Å². The van der Waals surface area contributed by atoms with E-state index in [4.69, 9.17) is 16.3 Å². The summed E-state index contributed by atoms with van der Waals surface area (Å²) < 4.78 is 5.19. The summed E-state index contributed by atoms with van der Waals surface area (Å²) in [6.07, 6.45) is 2.01. The summed E-state index contributed by atoms with van der Waals surface area (Å²) in [7, 11) is 5.04. The second-order valence-corrected chi connectivity index (χ2v) is 6.17. The van der Waals surface area contributed by atoms with E-state index in [0.29, 0.717) is 16.5 Å². The fraction of sp³-hybridized carbons (Fsp3) is 0.529. The highest BCUT2D eigenvalue weighted by molar-refractivity contribution is 6.31. The first-order valence-corrected chi connectivity index (χ1v) is 8.31. The highest BCUT2D eigenvalue weighted by Gasteiger charge is 2.15. The monoisotopic (exact) mass is 355 g/mol. The number of anilines is 1. The molecule has 0 atom stereocenters. The van der Waals surface area contributed by atoms with E-state index in [-0.39, 0.29) is 24.9 Å². The number of carbonyl (C=O) groups is 2. The van der Waals surface area contributed by atoms with Crippen LogP contribution in [0.5, 0.6) is 5.75 Å². The van der Waals surface area contributed by atoms with E-state index in [0.717, 1.165) is 19.4 Å². The van der Waals surface area contributed by atoms with E-state index < -0.39 is 0 Å². The number of amides is 2. The Morgan fingerprint density at radius 2 is 1.96 bits per heavy atom. The molecule has 1 aromatic rings. The standard InChI is InChI=1S/C17H26ClN3O3/c1-5-6-9-21(3)17(23)12-20(2)11-16(22)19-14-10-13(18)7-8-15(14)24-4/h7-8,10H,5-6,9,11-12H2,1-4H3,(H,19,22). The van der Waals surface area contributed by atoms with Gasteiger partial charge in [0.25, 0.3) is 0 Å². The van der Waals surface area contributed by atoms with E-state index in [9.17, 15) is 9.59 Å². The number of likely N-dealkylation sites (N-methyl/N-ethyl adjacent to an activating group) is 2. The Morgan fingerprint density at radius 1 is 1.25 bits per heavy atom. The summed E-state index contributed by atoms with van der Waals surface area (Å²) in [4.78, 5) is 27.6. The van der Waals surface area contributed by atoms with Crippen molar-refractivity contribution in [3.63, 3.8) is 0 Å². The Labute approximate surface area is 148 Å². The Kier molecular flexibility index (Phi) is 8.57. The van der Waals surface area contributed by atoms with Crippen molar-refractivity contribution in [2.45, 2.75) is 19.8 Å².